The lowest BCUT2D eigenvalue weighted by Gasteiger charge is -2.22. The molecular weight excluding hydrogens is 426 g/mol. The van der Waals surface area contributed by atoms with E-state index in [0.717, 1.165) is 32.1 Å². The second kappa shape index (κ2) is 9.88. The molecule has 1 aliphatic rings. The van der Waals surface area contributed by atoms with Crippen LogP contribution in [0, 0.1) is 0 Å². The summed E-state index contributed by atoms with van der Waals surface area (Å²) in [5.74, 6) is 4.07. The molecule has 1 saturated carbocycles. The molecule has 0 heterocycles. The smallest absolute Gasteiger partial charge is 0.410 e. The molecule has 5 N–H and O–H groups in total. The van der Waals surface area contributed by atoms with E-state index < -0.39 is 22.8 Å². The standard InChI is InChI=1S/C20H23N3O7S/c21-19(24)14-6-4-5-13(11-14)17-12-16(9-10-18(17)29-31(26,27)30-22)28-20(25)23-15-7-2-1-3-8-15/h4-6,9-12,15H,1-3,7-8,22H2,(H2,21,24)(H,23,25)/q+1. The molecule has 3 rings (SSSR count). The molecule has 2 amide bonds. The maximum atomic E-state index is 12.3. The fourth-order valence-corrected chi connectivity index (χ4v) is 3.80. The Kier molecular flexibility index (Phi) is 7.23. The number of rotatable bonds is 7. The van der Waals surface area contributed by atoms with Crippen molar-refractivity contribution in [3.8, 4) is 22.6 Å². The Hall–Kier alpha value is -2.99. The van der Waals surface area contributed by atoms with Crippen LogP contribution in [0.5, 0.6) is 11.5 Å². The van der Waals surface area contributed by atoms with Gasteiger partial charge in [-0.05, 0) is 53.0 Å². The summed E-state index contributed by atoms with van der Waals surface area (Å²) in [6, 6.07) is 10.2. The van der Waals surface area contributed by atoms with Crippen LogP contribution < -0.4 is 25.9 Å². The molecule has 1 unspecified atom stereocenters. The Balaban J connectivity index is 1.89. The average Bonchev–Trinajstić information content (AvgIpc) is 2.75. The van der Waals surface area contributed by atoms with Gasteiger partial charge in [0, 0.05) is 21.4 Å². The van der Waals surface area contributed by atoms with E-state index in [9.17, 15) is 18.4 Å². The summed E-state index contributed by atoms with van der Waals surface area (Å²) in [5, 5.41) is 2.83. The summed E-state index contributed by atoms with van der Waals surface area (Å²) in [6.07, 6.45) is 4.42. The number of amides is 2. The van der Waals surface area contributed by atoms with Crippen molar-refractivity contribution in [3.05, 3.63) is 48.0 Å². The van der Waals surface area contributed by atoms with E-state index in [2.05, 4.69) is 9.60 Å². The molecule has 11 heteroatoms. The summed E-state index contributed by atoms with van der Waals surface area (Å²) < 4.78 is 37.4. The number of primary amides is 1. The van der Waals surface area contributed by atoms with Crippen LogP contribution in [0.25, 0.3) is 11.1 Å². The van der Waals surface area contributed by atoms with Crippen molar-refractivity contribution in [1.29, 1.82) is 0 Å². The number of ether oxygens (including phenoxy) is 1. The van der Waals surface area contributed by atoms with Gasteiger partial charge in [0.2, 0.25) is 11.7 Å². The zero-order valence-electron chi connectivity index (χ0n) is 16.6. The number of carbonyl (C=O) groups excluding carboxylic acids is 2. The van der Waals surface area contributed by atoms with Gasteiger partial charge in [-0.1, -0.05) is 31.4 Å². The number of nitrogens with two attached hydrogens (primary N) is 2. The van der Waals surface area contributed by atoms with Crippen molar-refractivity contribution in [2.75, 3.05) is 0 Å². The molecule has 1 fully saturated rings. The predicted octanol–water partition coefficient (Wildman–Crippen LogP) is 2.82. The van der Waals surface area contributed by atoms with Gasteiger partial charge in [0.15, 0.2) is 0 Å². The second-order valence-corrected chi connectivity index (χ2v) is 8.24. The van der Waals surface area contributed by atoms with Crippen LogP contribution in [-0.2, 0) is 23.8 Å². The Bertz CT molecular complexity index is 1010. The van der Waals surface area contributed by atoms with E-state index in [1.54, 1.807) is 12.1 Å². The fourth-order valence-electron chi connectivity index (χ4n) is 3.39. The van der Waals surface area contributed by atoms with Gasteiger partial charge in [-0.3, -0.25) is 4.79 Å². The maximum Gasteiger partial charge on any atom is 0.608 e. The van der Waals surface area contributed by atoms with Crippen molar-refractivity contribution in [1.82, 2.24) is 5.32 Å². The minimum absolute atomic E-state index is 0.0578. The molecule has 2 aromatic rings. The minimum Gasteiger partial charge on any atom is -0.410 e. The molecule has 10 nitrogen and oxygen atoms in total. The fraction of sp³-hybridized carbons (Fsp3) is 0.300. The van der Waals surface area contributed by atoms with E-state index in [0.29, 0.717) is 5.56 Å². The monoisotopic (exact) mass is 449 g/mol. The first kappa shape index (κ1) is 22.7. The molecule has 0 aromatic heterocycles. The van der Waals surface area contributed by atoms with E-state index in [1.165, 1.54) is 30.3 Å². The first-order valence-electron chi connectivity index (χ1n) is 9.63. The lowest BCUT2D eigenvalue weighted by molar-refractivity contribution is 0.1000. The molecule has 1 radical (unpaired) electrons. The zero-order valence-corrected chi connectivity index (χ0v) is 17.4. The summed E-state index contributed by atoms with van der Waals surface area (Å²) >= 11 is 0. The van der Waals surface area contributed by atoms with E-state index in [-0.39, 0.29) is 28.7 Å². The van der Waals surface area contributed by atoms with Gasteiger partial charge >= 0.3 is 16.9 Å². The number of hydrogen-bond acceptors (Lipinski definition) is 7. The van der Waals surface area contributed by atoms with E-state index in [4.69, 9.17) is 20.6 Å². The Morgan fingerprint density at radius 3 is 2.48 bits per heavy atom. The number of hydrogen-bond donors (Lipinski definition) is 3. The maximum absolute atomic E-state index is 12.3. The molecule has 0 aliphatic heterocycles. The summed E-state index contributed by atoms with van der Waals surface area (Å²) in [6.45, 7) is 0. The van der Waals surface area contributed by atoms with Crippen LogP contribution in [0.1, 0.15) is 42.5 Å². The first-order valence-corrected chi connectivity index (χ1v) is 11.0. The molecule has 1 aliphatic carbocycles. The van der Waals surface area contributed by atoms with Gasteiger partial charge < -0.3 is 15.8 Å². The zero-order chi connectivity index (χ0) is 22.4. The quantitative estimate of drug-likeness (QED) is 0.432. The summed E-state index contributed by atoms with van der Waals surface area (Å²) in [4.78, 5) is 23.8. The Labute approximate surface area is 180 Å². The third kappa shape index (κ3) is 6.25. The van der Waals surface area contributed by atoms with Gasteiger partial charge in [0.05, 0.1) is 0 Å². The molecule has 0 bridgehead atoms. The highest BCUT2D eigenvalue weighted by atomic mass is 32.3. The molecule has 0 spiro atoms. The van der Waals surface area contributed by atoms with Gasteiger partial charge in [-0.25, -0.2) is 8.98 Å². The van der Waals surface area contributed by atoms with E-state index in [1.807, 2.05) is 0 Å². The van der Waals surface area contributed by atoms with E-state index >= 15 is 0 Å². The largest absolute Gasteiger partial charge is 0.608 e. The number of nitrogens with one attached hydrogen (secondary N) is 1. The van der Waals surface area contributed by atoms with Crippen LogP contribution in [0.4, 0.5) is 4.79 Å². The average molecular weight is 449 g/mol. The van der Waals surface area contributed by atoms with Gasteiger partial charge in [0.25, 0.3) is 0 Å². The van der Waals surface area contributed by atoms with Crippen LogP contribution >= 0.6 is 0 Å². The topological polar surface area (TPSA) is 163 Å². The first-order chi connectivity index (χ1) is 14.8. The van der Waals surface area contributed by atoms with Crippen molar-refractivity contribution >= 4 is 22.8 Å². The van der Waals surface area contributed by atoms with Crippen LogP contribution in [0.2, 0.25) is 0 Å². The summed E-state index contributed by atoms with van der Waals surface area (Å²) in [5.41, 5.74) is 6.14. The Morgan fingerprint density at radius 1 is 1.06 bits per heavy atom. The van der Waals surface area contributed by atoms with Crippen molar-refractivity contribution in [2.24, 2.45) is 11.6 Å². The molecular formula is C20H23N3O7S+. The molecule has 165 valence electrons. The van der Waals surface area contributed by atoms with Crippen LogP contribution in [-0.4, -0.2) is 18.0 Å². The van der Waals surface area contributed by atoms with Crippen molar-refractivity contribution in [3.63, 3.8) is 0 Å². The van der Waals surface area contributed by atoms with Gasteiger partial charge in [-0.2, -0.15) is 5.90 Å². The number of benzene rings is 2. The third-order valence-corrected chi connectivity index (χ3v) is 5.48. The van der Waals surface area contributed by atoms with Crippen molar-refractivity contribution < 1.29 is 31.6 Å². The van der Waals surface area contributed by atoms with Crippen LogP contribution in [0.3, 0.4) is 0 Å². The SMILES string of the molecule is NO[S+]([O])(=O)Oc1ccc(OC(=O)NC2CCCCC2)cc1-c1cccc(C(N)=O)c1. The molecule has 0 saturated heterocycles. The highest BCUT2D eigenvalue weighted by Crippen LogP contribution is 2.35. The predicted molar refractivity (Wildman–Crippen MR) is 111 cm³/mol. The summed E-state index contributed by atoms with van der Waals surface area (Å²) in [7, 11) is -4.52. The lowest BCUT2D eigenvalue weighted by Crippen LogP contribution is -2.38. The van der Waals surface area contributed by atoms with Crippen LogP contribution in [0.15, 0.2) is 42.5 Å². The molecule has 2 aromatic carbocycles. The molecule has 1 atom stereocenters. The molecule has 31 heavy (non-hydrogen) atoms. The Morgan fingerprint density at radius 2 is 1.81 bits per heavy atom. The highest BCUT2D eigenvalue weighted by Gasteiger charge is 2.35. The van der Waals surface area contributed by atoms with Gasteiger partial charge in [-0.15, -0.1) is 0 Å². The second-order valence-electron chi connectivity index (χ2n) is 7.06. The van der Waals surface area contributed by atoms with Gasteiger partial charge in [0.1, 0.15) is 10.3 Å². The lowest BCUT2D eigenvalue weighted by atomic mass is 9.96. The van der Waals surface area contributed by atoms with Crippen molar-refractivity contribution in [2.45, 2.75) is 38.1 Å². The number of carbonyl (C=O) groups is 2. The highest BCUT2D eigenvalue weighted by molar-refractivity contribution is 7.88. The third-order valence-electron chi connectivity index (χ3n) is 4.86. The minimum atomic E-state index is -4.52. The normalized spacial score (nSPS) is 16.2.